The topological polar surface area (TPSA) is 55.6 Å². The van der Waals surface area contributed by atoms with Crippen LogP contribution in [-0.4, -0.2) is 36.2 Å². The summed E-state index contributed by atoms with van der Waals surface area (Å²) in [5, 5.41) is 0. The molecular weight excluding hydrogens is 204 g/mol. The van der Waals surface area contributed by atoms with Crippen molar-refractivity contribution >= 4 is 6.09 Å². The summed E-state index contributed by atoms with van der Waals surface area (Å²) in [5.41, 5.74) is 5.80. The fraction of sp³-hybridized carbons (Fsp3) is 0.917. The average molecular weight is 226 g/mol. The number of ether oxygens (including phenoxy) is 1. The van der Waals surface area contributed by atoms with Crippen molar-refractivity contribution < 1.29 is 9.53 Å². The fourth-order valence-corrected chi connectivity index (χ4v) is 2.65. The van der Waals surface area contributed by atoms with Crippen molar-refractivity contribution in [3.63, 3.8) is 0 Å². The fourth-order valence-electron chi connectivity index (χ4n) is 2.65. The monoisotopic (exact) mass is 226 g/mol. The van der Waals surface area contributed by atoms with E-state index in [0.717, 1.165) is 38.8 Å². The number of likely N-dealkylation sites (tertiary alicyclic amines) is 1. The third kappa shape index (κ3) is 2.88. The minimum Gasteiger partial charge on any atom is -0.446 e. The summed E-state index contributed by atoms with van der Waals surface area (Å²) in [5.74, 6) is 0.604. The zero-order valence-corrected chi connectivity index (χ0v) is 10.0. The molecule has 0 aromatic heterocycles. The average Bonchev–Trinajstić information content (AvgIpc) is 2.64. The molecule has 0 radical (unpaired) electrons. The lowest BCUT2D eigenvalue weighted by atomic mass is 10.0. The first-order valence-electron chi connectivity index (χ1n) is 6.36. The van der Waals surface area contributed by atoms with Crippen LogP contribution in [0.5, 0.6) is 0 Å². The molecule has 1 amide bonds. The van der Waals surface area contributed by atoms with Gasteiger partial charge in [0.25, 0.3) is 0 Å². The van der Waals surface area contributed by atoms with Gasteiger partial charge in [-0.15, -0.1) is 0 Å². The Bertz CT molecular complexity index is 257. The molecule has 92 valence electrons. The second kappa shape index (κ2) is 5.04. The largest absolute Gasteiger partial charge is 0.446 e. The van der Waals surface area contributed by atoms with Gasteiger partial charge in [-0.2, -0.15) is 0 Å². The quantitative estimate of drug-likeness (QED) is 0.741. The summed E-state index contributed by atoms with van der Waals surface area (Å²) in [6.45, 7) is 3.88. The number of rotatable bonds is 1. The summed E-state index contributed by atoms with van der Waals surface area (Å²) in [6.07, 6.45) is 4.98. The molecule has 2 fully saturated rings. The lowest BCUT2D eigenvalue weighted by Gasteiger charge is -2.31. The van der Waals surface area contributed by atoms with E-state index >= 15 is 0 Å². The molecule has 0 bridgehead atoms. The zero-order chi connectivity index (χ0) is 11.5. The Hall–Kier alpha value is -0.770. The van der Waals surface area contributed by atoms with Gasteiger partial charge >= 0.3 is 6.09 Å². The maximum absolute atomic E-state index is 11.9. The number of piperidine rings is 1. The Kier molecular flexibility index (Phi) is 3.69. The van der Waals surface area contributed by atoms with Crippen LogP contribution in [0.4, 0.5) is 4.79 Å². The zero-order valence-electron chi connectivity index (χ0n) is 10.0. The number of hydrogen-bond donors (Lipinski definition) is 1. The van der Waals surface area contributed by atoms with Gasteiger partial charge in [0.2, 0.25) is 0 Å². The van der Waals surface area contributed by atoms with E-state index in [2.05, 4.69) is 6.92 Å². The Morgan fingerprint density at radius 1 is 1.38 bits per heavy atom. The SMILES string of the molecule is CC1CCCN(C(=O)OC2CCC(N)C2)C1. The van der Waals surface area contributed by atoms with Gasteiger partial charge in [0.05, 0.1) is 0 Å². The number of nitrogens with zero attached hydrogens (tertiary/aromatic N) is 1. The highest BCUT2D eigenvalue weighted by molar-refractivity contribution is 5.68. The minimum absolute atomic E-state index is 0.0553. The van der Waals surface area contributed by atoms with Crippen molar-refractivity contribution in [2.75, 3.05) is 13.1 Å². The van der Waals surface area contributed by atoms with E-state index in [1.807, 2.05) is 4.90 Å². The third-order valence-electron chi connectivity index (χ3n) is 3.61. The molecule has 1 heterocycles. The van der Waals surface area contributed by atoms with Crippen LogP contribution in [0, 0.1) is 5.92 Å². The van der Waals surface area contributed by atoms with E-state index in [0.29, 0.717) is 5.92 Å². The van der Waals surface area contributed by atoms with Crippen LogP contribution in [-0.2, 0) is 4.74 Å². The molecule has 2 N–H and O–H groups in total. The van der Waals surface area contributed by atoms with Gasteiger partial charge in [-0.25, -0.2) is 4.79 Å². The molecule has 4 nitrogen and oxygen atoms in total. The Balaban J connectivity index is 1.78. The highest BCUT2D eigenvalue weighted by Crippen LogP contribution is 2.22. The summed E-state index contributed by atoms with van der Waals surface area (Å²) >= 11 is 0. The van der Waals surface area contributed by atoms with Gasteiger partial charge in [-0.05, 0) is 38.0 Å². The van der Waals surface area contributed by atoms with Crippen molar-refractivity contribution in [2.24, 2.45) is 11.7 Å². The summed E-state index contributed by atoms with van der Waals surface area (Å²) in [6, 6.07) is 0.220. The lowest BCUT2D eigenvalue weighted by Crippen LogP contribution is -2.40. The van der Waals surface area contributed by atoms with Crippen molar-refractivity contribution in [1.82, 2.24) is 4.90 Å². The van der Waals surface area contributed by atoms with Crippen molar-refractivity contribution in [3.8, 4) is 0 Å². The molecule has 1 saturated heterocycles. The lowest BCUT2D eigenvalue weighted by molar-refractivity contribution is 0.0537. The maximum Gasteiger partial charge on any atom is 0.410 e. The Morgan fingerprint density at radius 3 is 2.81 bits per heavy atom. The Morgan fingerprint density at radius 2 is 2.19 bits per heavy atom. The molecule has 3 atom stereocenters. The Labute approximate surface area is 97.1 Å². The minimum atomic E-state index is -0.134. The van der Waals surface area contributed by atoms with Crippen LogP contribution in [0.25, 0.3) is 0 Å². The highest BCUT2D eigenvalue weighted by Gasteiger charge is 2.28. The highest BCUT2D eigenvalue weighted by atomic mass is 16.6. The van der Waals surface area contributed by atoms with Gasteiger partial charge < -0.3 is 15.4 Å². The van der Waals surface area contributed by atoms with E-state index in [1.54, 1.807) is 0 Å². The van der Waals surface area contributed by atoms with E-state index in [1.165, 1.54) is 6.42 Å². The number of amides is 1. The van der Waals surface area contributed by atoms with Crippen LogP contribution in [0.2, 0.25) is 0 Å². The molecular formula is C12H22N2O2. The first-order chi connectivity index (χ1) is 7.65. The van der Waals surface area contributed by atoms with Gasteiger partial charge in [0, 0.05) is 19.1 Å². The third-order valence-corrected chi connectivity index (χ3v) is 3.61. The molecule has 0 spiro atoms. The van der Waals surface area contributed by atoms with Gasteiger partial charge in [-0.3, -0.25) is 0 Å². The van der Waals surface area contributed by atoms with Crippen LogP contribution in [0.3, 0.4) is 0 Å². The molecule has 16 heavy (non-hydrogen) atoms. The number of carbonyl (C=O) groups excluding carboxylic acids is 1. The first kappa shape index (κ1) is 11.7. The molecule has 0 aromatic carbocycles. The second-order valence-electron chi connectivity index (χ2n) is 5.27. The van der Waals surface area contributed by atoms with Crippen LogP contribution >= 0.6 is 0 Å². The number of carbonyl (C=O) groups is 1. The maximum atomic E-state index is 11.9. The van der Waals surface area contributed by atoms with Gasteiger partial charge in [0.15, 0.2) is 0 Å². The summed E-state index contributed by atoms with van der Waals surface area (Å²) < 4.78 is 5.48. The molecule has 0 aromatic rings. The molecule has 2 aliphatic rings. The molecule has 2 rings (SSSR count). The molecule has 3 unspecified atom stereocenters. The van der Waals surface area contributed by atoms with Crippen molar-refractivity contribution in [3.05, 3.63) is 0 Å². The molecule has 1 aliphatic heterocycles. The van der Waals surface area contributed by atoms with Crippen molar-refractivity contribution in [2.45, 2.75) is 51.2 Å². The number of hydrogen-bond acceptors (Lipinski definition) is 3. The normalized spacial score (nSPS) is 35.1. The first-order valence-corrected chi connectivity index (χ1v) is 6.36. The van der Waals surface area contributed by atoms with E-state index in [4.69, 9.17) is 10.5 Å². The second-order valence-corrected chi connectivity index (χ2v) is 5.27. The summed E-state index contributed by atoms with van der Waals surface area (Å²) in [4.78, 5) is 13.7. The summed E-state index contributed by atoms with van der Waals surface area (Å²) in [7, 11) is 0. The number of nitrogens with two attached hydrogens (primary N) is 1. The molecule has 1 saturated carbocycles. The smallest absolute Gasteiger partial charge is 0.410 e. The van der Waals surface area contributed by atoms with Crippen LogP contribution < -0.4 is 5.73 Å². The van der Waals surface area contributed by atoms with E-state index in [9.17, 15) is 4.79 Å². The van der Waals surface area contributed by atoms with Crippen LogP contribution in [0.1, 0.15) is 39.0 Å². The predicted octanol–water partition coefficient (Wildman–Crippen LogP) is 1.73. The molecule has 4 heteroatoms. The predicted molar refractivity (Wildman–Crippen MR) is 62.1 cm³/mol. The van der Waals surface area contributed by atoms with Crippen molar-refractivity contribution in [1.29, 1.82) is 0 Å². The van der Waals surface area contributed by atoms with Gasteiger partial charge in [-0.1, -0.05) is 6.92 Å². The molecule has 1 aliphatic carbocycles. The standard InChI is InChI=1S/C12H22N2O2/c1-9-3-2-6-14(8-9)12(15)16-11-5-4-10(13)7-11/h9-11H,2-8,13H2,1H3. The van der Waals surface area contributed by atoms with E-state index < -0.39 is 0 Å². The van der Waals surface area contributed by atoms with Crippen LogP contribution in [0.15, 0.2) is 0 Å². The van der Waals surface area contributed by atoms with E-state index in [-0.39, 0.29) is 18.2 Å². The van der Waals surface area contributed by atoms with Gasteiger partial charge in [0.1, 0.15) is 6.10 Å².